The van der Waals surface area contributed by atoms with Crippen molar-refractivity contribution in [2.24, 2.45) is 0 Å². The van der Waals surface area contributed by atoms with Gasteiger partial charge in [-0.2, -0.15) is 0 Å². The summed E-state index contributed by atoms with van der Waals surface area (Å²) >= 11 is 0. The average molecular weight is 248 g/mol. The summed E-state index contributed by atoms with van der Waals surface area (Å²) in [7, 11) is 0. The Bertz CT molecular complexity index is 525. The lowest BCUT2D eigenvalue weighted by Crippen LogP contribution is -2.19. The Kier molecular flexibility index (Phi) is 3.25. The first-order valence-electron chi connectivity index (χ1n) is 5.22. The molecule has 5 nitrogen and oxygen atoms in total. The number of phenolic OH excluding ortho intramolecular Hbond substituents is 1. The summed E-state index contributed by atoms with van der Waals surface area (Å²) in [6, 6.07) is 6.46. The minimum Gasteiger partial charge on any atom is -0.508 e. The van der Waals surface area contributed by atoms with Crippen LogP contribution in [0, 0.1) is 0 Å². The summed E-state index contributed by atoms with van der Waals surface area (Å²) in [6.07, 6.45) is 2.83. The first-order chi connectivity index (χ1) is 8.56. The lowest BCUT2D eigenvalue weighted by atomic mass is 10.2. The Morgan fingerprint density at radius 3 is 2.28 bits per heavy atom. The largest absolute Gasteiger partial charge is 0.508 e. The number of aromatic hydroxyl groups is 1. The predicted molar refractivity (Wildman–Crippen MR) is 64.6 cm³/mol. The molecule has 1 atom stereocenters. The Morgan fingerprint density at radius 1 is 1.00 bits per heavy atom. The zero-order valence-electron chi connectivity index (χ0n) is 9.32. The zero-order valence-corrected chi connectivity index (χ0v) is 9.32. The number of aliphatic hydroxyl groups is 3. The van der Waals surface area contributed by atoms with Crippen molar-refractivity contribution in [1.29, 1.82) is 0 Å². The van der Waals surface area contributed by atoms with Gasteiger partial charge in [-0.1, -0.05) is 18.2 Å². The molecular weight excluding hydrogens is 236 g/mol. The highest BCUT2D eigenvalue weighted by Crippen LogP contribution is 2.20. The van der Waals surface area contributed by atoms with Crippen LogP contribution in [0.25, 0.3) is 6.08 Å². The topological polar surface area (TPSA) is 90.2 Å². The van der Waals surface area contributed by atoms with Crippen molar-refractivity contribution in [3.63, 3.8) is 0 Å². The maximum Gasteiger partial charge on any atom is 0.259 e. The molecule has 1 aliphatic rings. The van der Waals surface area contributed by atoms with Gasteiger partial charge in [0, 0.05) is 6.08 Å². The summed E-state index contributed by atoms with van der Waals surface area (Å²) in [5, 5.41) is 36.8. The second-order valence-corrected chi connectivity index (χ2v) is 3.71. The van der Waals surface area contributed by atoms with Gasteiger partial charge in [0.25, 0.3) is 6.29 Å². The van der Waals surface area contributed by atoms with Gasteiger partial charge in [0.2, 0.25) is 5.76 Å². The molecule has 0 spiro atoms. The monoisotopic (exact) mass is 248 g/mol. The molecule has 0 radical (unpaired) electrons. The quantitative estimate of drug-likeness (QED) is 0.642. The van der Waals surface area contributed by atoms with Gasteiger partial charge in [-0.25, -0.2) is 0 Å². The molecule has 5 heteroatoms. The molecule has 1 aliphatic heterocycles. The number of hydrogen-bond acceptors (Lipinski definition) is 5. The molecule has 4 N–H and O–H groups in total. The molecule has 0 fully saturated rings. The SMILES string of the molecule is OC1=C(O)C(O)OC(/C=C/c2ccc(O)cc2)=C1. The second kappa shape index (κ2) is 4.85. The number of allylic oxidation sites excluding steroid dienone is 2. The summed E-state index contributed by atoms with van der Waals surface area (Å²) in [5.74, 6) is -0.664. The molecule has 1 aromatic carbocycles. The van der Waals surface area contributed by atoms with Crippen LogP contribution in [0.1, 0.15) is 5.56 Å². The smallest absolute Gasteiger partial charge is 0.259 e. The van der Waals surface area contributed by atoms with Crippen molar-refractivity contribution < 1.29 is 25.2 Å². The van der Waals surface area contributed by atoms with Crippen molar-refractivity contribution >= 4 is 6.08 Å². The van der Waals surface area contributed by atoms with Crippen LogP contribution in [0.3, 0.4) is 0 Å². The minimum atomic E-state index is -1.56. The van der Waals surface area contributed by atoms with E-state index in [-0.39, 0.29) is 11.5 Å². The minimum absolute atomic E-state index is 0.168. The summed E-state index contributed by atoms with van der Waals surface area (Å²) < 4.78 is 4.93. The highest BCUT2D eigenvalue weighted by Gasteiger charge is 2.21. The average Bonchev–Trinajstić information content (AvgIpc) is 2.35. The Hall–Kier alpha value is -2.40. The zero-order chi connectivity index (χ0) is 13.1. The van der Waals surface area contributed by atoms with Crippen molar-refractivity contribution in [2.45, 2.75) is 6.29 Å². The van der Waals surface area contributed by atoms with E-state index in [1.54, 1.807) is 18.2 Å². The van der Waals surface area contributed by atoms with Gasteiger partial charge < -0.3 is 25.2 Å². The molecule has 0 bridgehead atoms. The molecule has 18 heavy (non-hydrogen) atoms. The number of aliphatic hydroxyl groups excluding tert-OH is 3. The molecule has 1 unspecified atom stereocenters. The van der Waals surface area contributed by atoms with E-state index >= 15 is 0 Å². The van der Waals surface area contributed by atoms with E-state index in [2.05, 4.69) is 0 Å². The van der Waals surface area contributed by atoms with Crippen molar-refractivity contribution in [3.8, 4) is 5.75 Å². The summed E-state index contributed by atoms with van der Waals surface area (Å²) in [4.78, 5) is 0. The van der Waals surface area contributed by atoms with Gasteiger partial charge in [0.1, 0.15) is 11.5 Å². The molecule has 2 rings (SSSR count). The molecular formula is C13H12O5. The molecule has 1 heterocycles. The van der Waals surface area contributed by atoms with Gasteiger partial charge in [-0.05, 0) is 23.8 Å². The third-order valence-corrected chi connectivity index (χ3v) is 2.36. The van der Waals surface area contributed by atoms with Crippen molar-refractivity contribution in [2.75, 3.05) is 0 Å². The van der Waals surface area contributed by atoms with Gasteiger partial charge >= 0.3 is 0 Å². The van der Waals surface area contributed by atoms with Crippen LogP contribution in [0.2, 0.25) is 0 Å². The van der Waals surface area contributed by atoms with Crippen LogP contribution in [0.5, 0.6) is 5.75 Å². The highest BCUT2D eigenvalue weighted by molar-refractivity contribution is 5.53. The fourth-order valence-corrected chi connectivity index (χ4v) is 1.41. The van der Waals surface area contributed by atoms with E-state index < -0.39 is 17.8 Å². The van der Waals surface area contributed by atoms with Gasteiger partial charge in [-0.3, -0.25) is 0 Å². The van der Waals surface area contributed by atoms with E-state index in [1.807, 2.05) is 0 Å². The predicted octanol–water partition coefficient (Wildman–Crippen LogP) is 1.97. The normalized spacial score (nSPS) is 19.8. The van der Waals surface area contributed by atoms with Crippen molar-refractivity contribution in [3.05, 3.63) is 59.3 Å². The molecule has 0 saturated heterocycles. The highest BCUT2D eigenvalue weighted by atomic mass is 16.6. The lowest BCUT2D eigenvalue weighted by Gasteiger charge is -2.18. The Morgan fingerprint density at radius 2 is 1.67 bits per heavy atom. The second-order valence-electron chi connectivity index (χ2n) is 3.71. The standard InChI is InChI=1S/C13H12O5/c14-9-4-1-8(2-5-9)3-6-10-7-11(15)12(16)13(17)18-10/h1-7,13-17H/b6-3+. The molecule has 0 aromatic heterocycles. The van der Waals surface area contributed by atoms with Gasteiger partial charge in [0.05, 0.1) is 0 Å². The van der Waals surface area contributed by atoms with E-state index in [9.17, 15) is 10.2 Å². The first kappa shape index (κ1) is 12.1. The number of ether oxygens (including phenoxy) is 1. The van der Waals surface area contributed by atoms with Gasteiger partial charge in [-0.15, -0.1) is 0 Å². The first-order valence-corrected chi connectivity index (χ1v) is 5.22. The Labute approximate surface area is 103 Å². The van der Waals surface area contributed by atoms with E-state index in [4.69, 9.17) is 14.9 Å². The lowest BCUT2D eigenvalue weighted by molar-refractivity contribution is -0.0653. The molecule has 1 aromatic rings. The van der Waals surface area contributed by atoms with Gasteiger partial charge in [0.15, 0.2) is 5.76 Å². The van der Waals surface area contributed by atoms with Crippen LogP contribution in [-0.2, 0) is 4.74 Å². The van der Waals surface area contributed by atoms with E-state index in [0.717, 1.165) is 5.56 Å². The summed E-state index contributed by atoms with van der Waals surface area (Å²) in [6.45, 7) is 0. The van der Waals surface area contributed by atoms with E-state index in [1.165, 1.54) is 24.3 Å². The maximum atomic E-state index is 9.30. The Balaban J connectivity index is 2.15. The van der Waals surface area contributed by atoms with Crippen LogP contribution in [-0.4, -0.2) is 26.7 Å². The fourth-order valence-electron chi connectivity index (χ4n) is 1.41. The van der Waals surface area contributed by atoms with Crippen LogP contribution in [0.4, 0.5) is 0 Å². The third kappa shape index (κ3) is 2.64. The number of phenols is 1. The molecule has 94 valence electrons. The molecule has 0 saturated carbocycles. The third-order valence-electron chi connectivity index (χ3n) is 2.36. The molecule has 0 aliphatic carbocycles. The number of hydrogen-bond donors (Lipinski definition) is 4. The van der Waals surface area contributed by atoms with Crippen molar-refractivity contribution in [1.82, 2.24) is 0 Å². The number of benzene rings is 1. The van der Waals surface area contributed by atoms with Crippen LogP contribution in [0.15, 0.2) is 53.7 Å². The number of rotatable bonds is 2. The summed E-state index contributed by atoms with van der Waals surface area (Å²) in [5.41, 5.74) is 0.810. The fraction of sp³-hybridized carbons (Fsp3) is 0.0769. The maximum absolute atomic E-state index is 9.30. The molecule has 0 amide bonds. The van der Waals surface area contributed by atoms with Crippen LogP contribution >= 0.6 is 0 Å². The van der Waals surface area contributed by atoms with E-state index in [0.29, 0.717) is 0 Å². The van der Waals surface area contributed by atoms with Crippen LogP contribution < -0.4 is 0 Å².